The van der Waals surface area contributed by atoms with Crippen LogP contribution in [0.1, 0.15) is 15.9 Å². The van der Waals surface area contributed by atoms with Crippen LogP contribution in [0.15, 0.2) is 0 Å². The molecule has 0 unspecified atom stereocenters. The molecule has 0 aliphatic heterocycles. The molecule has 1 aromatic carbocycles. The lowest BCUT2D eigenvalue weighted by atomic mass is 10.1. The van der Waals surface area contributed by atoms with E-state index in [-0.39, 0.29) is 6.29 Å². The van der Waals surface area contributed by atoms with E-state index in [1.165, 1.54) is 6.38 Å². The summed E-state index contributed by atoms with van der Waals surface area (Å²) in [5, 5.41) is 9.44. The molecule has 0 fully saturated rings. The number of nitro groups is 1. The molecule has 0 spiro atoms. The van der Waals surface area contributed by atoms with Crippen molar-refractivity contribution in [3.05, 3.63) is 37.9 Å². The van der Waals surface area contributed by atoms with Gasteiger partial charge in [-0.1, -0.05) is 11.6 Å². The first-order valence-electron chi connectivity index (χ1n) is 4.18. The second kappa shape index (κ2) is 7.17. The van der Waals surface area contributed by atoms with Gasteiger partial charge in [0.25, 0.3) is 0 Å². The molecule has 1 aromatic rings. The average Bonchev–Trinajstić information content (AvgIpc) is 2.36. The Morgan fingerprint density at radius 2 is 1.83 bits per heavy atom. The molecule has 0 aliphatic carbocycles. The maximum absolute atomic E-state index is 13.3. The molecule has 0 aromatic heterocycles. The molecule has 0 atom stereocenters. The first-order valence-corrected chi connectivity index (χ1v) is 5.31. The number of hydrogen-bond acceptors (Lipinski definition) is 3. The third-order valence-electron chi connectivity index (χ3n) is 1.86. The normalized spacial score (nSPS) is 9.44. The SMILES string of the molecule is CCl.O=Cc1c(F)c(Cl)c(CF)c(F)c1[N+](=O)[O-]. The van der Waals surface area contributed by atoms with Crippen molar-refractivity contribution in [3.63, 3.8) is 0 Å². The lowest BCUT2D eigenvalue weighted by Gasteiger charge is -2.06. The maximum Gasteiger partial charge on any atom is 0.318 e. The molecule has 0 bridgehead atoms. The number of halogens is 5. The molecule has 0 amide bonds. The summed E-state index contributed by atoms with van der Waals surface area (Å²) in [7, 11) is 0. The van der Waals surface area contributed by atoms with Gasteiger partial charge in [-0.05, 0) is 0 Å². The van der Waals surface area contributed by atoms with Crippen LogP contribution in [0.4, 0.5) is 18.9 Å². The molecule has 100 valence electrons. The van der Waals surface area contributed by atoms with Crippen LogP contribution in [-0.2, 0) is 6.67 Å². The minimum Gasteiger partial charge on any atom is -0.297 e. The summed E-state index contributed by atoms with van der Waals surface area (Å²) >= 11 is 9.86. The van der Waals surface area contributed by atoms with E-state index in [2.05, 4.69) is 11.6 Å². The van der Waals surface area contributed by atoms with Crippen molar-refractivity contribution < 1.29 is 22.9 Å². The Morgan fingerprint density at radius 3 is 2.17 bits per heavy atom. The molecule has 4 nitrogen and oxygen atoms in total. The highest BCUT2D eigenvalue weighted by molar-refractivity contribution is 6.32. The standard InChI is InChI=1S/C8H3ClF3NO3.CH3Cl/c9-5-3(1-10)7(12)8(13(15)16)4(2-14)6(5)11;1-2/h2H,1H2;1H3. The van der Waals surface area contributed by atoms with E-state index in [1.807, 2.05) is 0 Å². The Hall–Kier alpha value is -1.34. The molecule has 0 radical (unpaired) electrons. The van der Waals surface area contributed by atoms with Crippen LogP contribution in [-0.4, -0.2) is 17.6 Å². The summed E-state index contributed by atoms with van der Waals surface area (Å²) in [5.41, 5.74) is -3.52. The number of nitrogens with zero attached hydrogens (tertiary/aromatic N) is 1. The summed E-state index contributed by atoms with van der Waals surface area (Å²) < 4.78 is 38.9. The van der Waals surface area contributed by atoms with Crippen LogP contribution in [0.25, 0.3) is 0 Å². The van der Waals surface area contributed by atoms with Gasteiger partial charge < -0.3 is 0 Å². The lowest BCUT2D eigenvalue weighted by Crippen LogP contribution is -2.06. The number of nitro benzene ring substituents is 1. The highest BCUT2D eigenvalue weighted by Gasteiger charge is 2.30. The summed E-state index contributed by atoms with van der Waals surface area (Å²) in [6, 6.07) is 0. The van der Waals surface area contributed by atoms with E-state index in [0.717, 1.165) is 0 Å². The third-order valence-corrected chi connectivity index (χ3v) is 2.25. The zero-order chi connectivity index (χ0) is 14.5. The fraction of sp³-hybridized carbons (Fsp3) is 0.222. The number of hydrogen-bond donors (Lipinski definition) is 0. The number of aldehydes is 1. The summed E-state index contributed by atoms with van der Waals surface area (Å²) in [4.78, 5) is 19.5. The largest absolute Gasteiger partial charge is 0.318 e. The molecule has 0 heterocycles. The molecular weight excluding hydrogens is 298 g/mol. The topological polar surface area (TPSA) is 60.2 Å². The first-order chi connectivity index (χ1) is 8.45. The Morgan fingerprint density at radius 1 is 1.33 bits per heavy atom. The van der Waals surface area contributed by atoms with E-state index < -0.39 is 45.1 Å². The van der Waals surface area contributed by atoms with Gasteiger partial charge in [-0.25, -0.2) is 8.78 Å². The summed E-state index contributed by atoms with van der Waals surface area (Å²) in [5.74, 6) is -3.14. The van der Waals surface area contributed by atoms with Gasteiger partial charge in [-0.15, -0.1) is 11.6 Å². The second-order valence-electron chi connectivity index (χ2n) is 2.69. The lowest BCUT2D eigenvalue weighted by molar-refractivity contribution is -0.388. The number of carbonyl (C=O) groups excluding carboxylic acids is 1. The fourth-order valence-electron chi connectivity index (χ4n) is 1.12. The smallest absolute Gasteiger partial charge is 0.297 e. The molecule has 0 saturated heterocycles. The molecule has 9 heteroatoms. The number of benzene rings is 1. The van der Waals surface area contributed by atoms with Gasteiger partial charge in [0.2, 0.25) is 5.82 Å². The Labute approximate surface area is 109 Å². The summed E-state index contributed by atoms with van der Waals surface area (Å²) in [6.07, 6.45) is 1.23. The third kappa shape index (κ3) is 2.91. The van der Waals surface area contributed by atoms with Crippen molar-refractivity contribution in [2.75, 3.05) is 6.38 Å². The van der Waals surface area contributed by atoms with Crippen molar-refractivity contribution >= 4 is 35.2 Å². The van der Waals surface area contributed by atoms with Gasteiger partial charge in [0, 0.05) is 11.9 Å². The van der Waals surface area contributed by atoms with E-state index in [1.54, 1.807) is 0 Å². The zero-order valence-electron chi connectivity index (χ0n) is 8.85. The van der Waals surface area contributed by atoms with E-state index in [0.29, 0.717) is 0 Å². The highest BCUT2D eigenvalue weighted by Crippen LogP contribution is 2.34. The fourth-order valence-corrected chi connectivity index (χ4v) is 1.35. The van der Waals surface area contributed by atoms with Crippen molar-refractivity contribution in [3.8, 4) is 0 Å². The maximum atomic E-state index is 13.3. The van der Waals surface area contributed by atoms with Crippen LogP contribution in [0, 0.1) is 21.7 Å². The predicted octanol–water partition coefficient (Wildman–Crippen LogP) is 3.66. The average molecular weight is 304 g/mol. The Kier molecular flexibility index (Phi) is 6.64. The van der Waals surface area contributed by atoms with Gasteiger partial charge in [-0.2, -0.15) is 4.39 Å². The second-order valence-corrected chi connectivity index (χ2v) is 3.07. The zero-order valence-corrected chi connectivity index (χ0v) is 10.4. The molecule has 18 heavy (non-hydrogen) atoms. The minimum atomic E-state index is -1.64. The van der Waals surface area contributed by atoms with Crippen molar-refractivity contribution in [1.29, 1.82) is 0 Å². The number of alkyl halides is 2. The van der Waals surface area contributed by atoms with Crippen LogP contribution < -0.4 is 0 Å². The van der Waals surface area contributed by atoms with Gasteiger partial charge in [-0.3, -0.25) is 14.9 Å². The van der Waals surface area contributed by atoms with Gasteiger partial charge in [0.1, 0.15) is 12.2 Å². The van der Waals surface area contributed by atoms with Gasteiger partial charge in [0.05, 0.1) is 9.95 Å². The van der Waals surface area contributed by atoms with Crippen LogP contribution in [0.5, 0.6) is 0 Å². The number of rotatable bonds is 3. The molecule has 0 N–H and O–H groups in total. The Bertz CT molecular complexity index is 483. The first kappa shape index (κ1) is 16.7. The molecule has 0 saturated carbocycles. The van der Waals surface area contributed by atoms with E-state index >= 15 is 0 Å². The monoisotopic (exact) mass is 303 g/mol. The highest BCUT2D eigenvalue weighted by atomic mass is 35.5. The molecule has 1 rings (SSSR count). The molecular formula is C9H6Cl2F3NO3. The van der Waals surface area contributed by atoms with Crippen molar-refractivity contribution in [2.45, 2.75) is 6.67 Å². The van der Waals surface area contributed by atoms with Gasteiger partial charge >= 0.3 is 5.69 Å². The van der Waals surface area contributed by atoms with E-state index in [9.17, 15) is 28.1 Å². The number of carbonyl (C=O) groups is 1. The van der Waals surface area contributed by atoms with Gasteiger partial charge in [0.15, 0.2) is 12.1 Å². The predicted molar refractivity (Wildman–Crippen MR) is 60.0 cm³/mol. The van der Waals surface area contributed by atoms with Crippen LogP contribution in [0.3, 0.4) is 0 Å². The summed E-state index contributed by atoms with van der Waals surface area (Å²) in [6.45, 7) is -1.51. The molecule has 0 aliphatic rings. The van der Waals surface area contributed by atoms with Crippen molar-refractivity contribution in [1.82, 2.24) is 0 Å². The van der Waals surface area contributed by atoms with Crippen molar-refractivity contribution in [2.24, 2.45) is 0 Å². The van der Waals surface area contributed by atoms with Crippen LogP contribution >= 0.6 is 23.2 Å². The van der Waals surface area contributed by atoms with Crippen LogP contribution in [0.2, 0.25) is 5.02 Å². The Balaban J connectivity index is 0.00000137. The minimum absolute atomic E-state index is 0.246. The van der Waals surface area contributed by atoms with E-state index in [4.69, 9.17) is 11.6 Å². The quantitative estimate of drug-likeness (QED) is 0.281.